The Kier molecular flexibility index (Phi) is 3.90. The molecule has 0 aliphatic heterocycles. The molecule has 2 aromatic heterocycles. The van der Waals surface area contributed by atoms with Gasteiger partial charge in [0.2, 0.25) is 0 Å². The SMILES string of the molecule is NCCc1cc2ccccc2nc1Sc1ccncn1. The van der Waals surface area contributed by atoms with E-state index in [-0.39, 0.29) is 0 Å². The van der Waals surface area contributed by atoms with Gasteiger partial charge in [-0.15, -0.1) is 0 Å². The van der Waals surface area contributed by atoms with Gasteiger partial charge in [-0.25, -0.2) is 15.0 Å². The third-order valence-corrected chi connectivity index (χ3v) is 3.93. The van der Waals surface area contributed by atoms with Gasteiger partial charge in [0.1, 0.15) is 16.4 Å². The highest BCUT2D eigenvalue weighted by Gasteiger charge is 2.09. The van der Waals surface area contributed by atoms with Gasteiger partial charge in [-0.05, 0) is 48.5 Å². The summed E-state index contributed by atoms with van der Waals surface area (Å²) in [4.78, 5) is 12.9. The van der Waals surface area contributed by atoms with Gasteiger partial charge in [-0.3, -0.25) is 0 Å². The van der Waals surface area contributed by atoms with E-state index < -0.39 is 0 Å². The first-order chi connectivity index (χ1) is 9.86. The molecule has 1 aromatic carbocycles. The lowest BCUT2D eigenvalue weighted by atomic mass is 10.1. The zero-order valence-electron chi connectivity index (χ0n) is 10.9. The minimum absolute atomic E-state index is 0.608. The van der Waals surface area contributed by atoms with Crippen molar-refractivity contribution in [3.8, 4) is 0 Å². The Balaban J connectivity index is 2.05. The van der Waals surface area contributed by atoms with Crippen molar-refractivity contribution in [2.24, 2.45) is 5.73 Å². The van der Waals surface area contributed by atoms with Gasteiger partial charge in [0.05, 0.1) is 5.52 Å². The highest BCUT2D eigenvalue weighted by atomic mass is 32.2. The average Bonchev–Trinajstić information content (AvgIpc) is 2.49. The van der Waals surface area contributed by atoms with Crippen molar-refractivity contribution in [3.63, 3.8) is 0 Å². The van der Waals surface area contributed by atoms with E-state index in [1.165, 1.54) is 0 Å². The summed E-state index contributed by atoms with van der Waals surface area (Å²) in [6, 6.07) is 12.2. The number of hydrogen-bond donors (Lipinski definition) is 1. The van der Waals surface area contributed by atoms with E-state index in [4.69, 9.17) is 10.7 Å². The Labute approximate surface area is 121 Å². The number of para-hydroxylation sites is 1. The van der Waals surface area contributed by atoms with Gasteiger partial charge in [-0.2, -0.15) is 0 Å². The molecule has 5 heteroatoms. The molecule has 0 fully saturated rings. The van der Waals surface area contributed by atoms with Crippen LogP contribution in [0.5, 0.6) is 0 Å². The van der Waals surface area contributed by atoms with E-state index in [1.54, 1.807) is 24.3 Å². The summed E-state index contributed by atoms with van der Waals surface area (Å²) in [5, 5.41) is 3.00. The highest BCUT2D eigenvalue weighted by molar-refractivity contribution is 7.99. The van der Waals surface area contributed by atoms with Crippen molar-refractivity contribution in [2.45, 2.75) is 16.5 Å². The Hall–Kier alpha value is -1.98. The number of rotatable bonds is 4. The summed E-state index contributed by atoms with van der Waals surface area (Å²) in [5.41, 5.74) is 7.86. The van der Waals surface area contributed by atoms with Crippen molar-refractivity contribution >= 4 is 22.7 Å². The second-order valence-corrected chi connectivity index (χ2v) is 5.34. The van der Waals surface area contributed by atoms with E-state index in [0.29, 0.717) is 6.54 Å². The molecule has 2 N–H and O–H groups in total. The molecular weight excluding hydrogens is 268 g/mol. The Morgan fingerprint density at radius 2 is 2.05 bits per heavy atom. The summed E-state index contributed by atoms with van der Waals surface area (Å²) in [5.74, 6) is 0. The zero-order chi connectivity index (χ0) is 13.8. The summed E-state index contributed by atoms with van der Waals surface area (Å²) in [6.07, 6.45) is 4.09. The maximum Gasteiger partial charge on any atom is 0.116 e. The molecule has 0 aliphatic carbocycles. The molecule has 20 heavy (non-hydrogen) atoms. The van der Waals surface area contributed by atoms with E-state index in [2.05, 4.69) is 22.1 Å². The second kappa shape index (κ2) is 5.98. The van der Waals surface area contributed by atoms with Crippen LogP contribution >= 0.6 is 11.8 Å². The first kappa shape index (κ1) is 13.0. The Morgan fingerprint density at radius 1 is 1.15 bits per heavy atom. The predicted octanol–water partition coefficient (Wildman–Crippen LogP) is 2.68. The van der Waals surface area contributed by atoms with Crippen LogP contribution in [0.15, 0.2) is 59.0 Å². The lowest BCUT2D eigenvalue weighted by Gasteiger charge is -2.09. The third kappa shape index (κ3) is 2.79. The lowest BCUT2D eigenvalue weighted by Crippen LogP contribution is -2.05. The molecule has 0 saturated heterocycles. The molecule has 4 nitrogen and oxygen atoms in total. The molecule has 0 saturated carbocycles. The standard InChI is InChI=1S/C15H14N4S/c16-7-5-12-9-11-3-1-2-4-13(11)19-15(12)20-14-6-8-17-10-18-14/h1-4,6,8-10H,5,7,16H2. The maximum atomic E-state index is 5.70. The normalized spacial score (nSPS) is 10.8. The number of benzene rings is 1. The number of pyridine rings is 1. The van der Waals surface area contributed by atoms with Gasteiger partial charge < -0.3 is 5.73 Å². The molecular formula is C15H14N4S. The molecule has 2 heterocycles. The monoisotopic (exact) mass is 282 g/mol. The van der Waals surface area contributed by atoms with Crippen LogP contribution < -0.4 is 5.73 Å². The van der Waals surface area contributed by atoms with Crippen LogP contribution in [0.3, 0.4) is 0 Å². The van der Waals surface area contributed by atoms with Crippen LogP contribution in [-0.4, -0.2) is 21.5 Å². The third-order valence-electron chi connectivity index (χ3n) is 2.93. The first-order valence-corrected chi connectivity index (χ1v) is 7.21. The second-order valence-electron chi connectivity index (χ2n) is 4.33. The average molecular weight is 282 g/mol. The summed E-state index contributed by atoms with van der Waals surface area (Å²) in [6.45, 7) is 0.608. The van der Waals surface area contributed by atoms with Crippen LogP contribution in [0.2, 0.25) is 0 Å². The van der Waals surface area contributed by atoms with Crippen molar-refractivity contribution in [1.29, 1.82) is 0 Å². The van der Waals surface area contributed by atoms with Crippen LogP contribution in [0, 0.1) is 0 Å². The molecule has 100 valence electrons. The van der Waals surface area contributed by atoms with Gasteiger partial charge in [-0.1, -0.05) is 18.2 Å². The molecule has 3 aromatic rings. The number of nitrogens with two attached hydrogens (primary N) is 1. The minimum atomic E-state index is 0.608. The smallest absolute Gasteiger partial charge is 0.116 e. The molecule has 0 atom stereocenters. The van der Waals surface area contributed by atoms with Gasteiger partial charge in [0, 0.05) is 11.6 Å². The summed E-state index contributed by atoms with van der Waals surface area (Å²) < 4.78 is 0. The predicted molar refractivity (Wildman–Crippen MR) is 80.7 cm³/mol. The minimum Gasteiger partial charge on any atom is -0.330 e. The topological polar surface area (TPSA) is 64.7 Å². The van der Waals surface area contributed by atoms with E-state index in [9.17, 15) is 0 Å². The van der Waals surface area contributed by atoms with Crippen LogP contribution in [-0.2, 0) is 6.42 Å². The molecule has 0 amide bonds. The number of hydrogen-bond acceptors (Lipinski definition) is 5. The van der Waals surface area contributed by atoms with Crippen LogP contribution in [0.25, 0.3) is 10.9 Å². The van der Waals surface area contributed by atoms with Crippen molar-refractivity contribution in [3.05, 3.63) is 54.5 Å². The fourth-order valence-electron chi connectivity index (χ4n) is 2.00. The summed E-state index contributed by atoms with van der Waals surface area (Å²) >= 11 is 1.55. The van der Waals surface area contributed by atoms with Gasteiger partial charge >= 0.3 is 0 Å². The van der Waals surface area contributed by atoms with Crippen molar-refractivity contribution in [2.75, 3.05) is 6.54 Å². The zero-order valence-corrected chi connectivity index (χ0v) is 11.7. The van der Waals surface area contributed by atoms with Gasteiger partial charge in [0.15, 0.2) is 0 Å². The quantitative estimate of drug-likeness (QED) is 0.745. The Morgan fingerprint density at radius 3 is 2.85 bits per heavy atom. The van der Waals surface area contributed by atoms with Crippen molar-refractivity contribution < 1.29 is 0 Å². The fraction of sp³-hybridized carbons (Fsp3) is 0.133. The molecule has 0 spiro atoms. The molecule has 0 unspecified atom stereocenters. The van der Waals surface area contributed by atoms with Crippen molar-refractivity contribution in [1.82, 2.24) is 15.0 Å². The molecule has 0 aliphatic rings. The largest absolute Gasteiger partial charge is 0.330 e. The molecule has 0 bridgehead atoms. The Bertz CT molecular complexity index is 715. The molecule has 0 radical (unpaired) electrons. The summed E-state index contributed by atoms with van der Waals surface area (Å²) in [7, 11) is 0. The van der Waals surface area contributed by atoms with Crippen LogP contribution in [0.4, 0.5) is 0 Å². The van der Waals surface area contributed by atoms with E-state index in [1.807, 2.05) is 24.3 Å². The number of nitrogens with zero attached hydrogens (tertiary/aromatic N) is 3. The van der Waals surface area contributed by atoms with E-state index in [0.717, 1.165) is 32.9 Å². The number of fused-ring (bicyclic) bond motifs is 1. The lowest BCUT2D eigenvalue weighted by molar-refractivity contribution is 0.919. The number of aromatic nitrogens is 3. The van der Waals surface area contributed by atoms with Crippen LogP contribution in [0.1, 0.15) is 5.56 Å². The maximum absolute atomic E-state index is 5.70. The fourth-order valence-corrected chi connectivity index (χ4v) is 2.87. The van der Waals surface area contributed by atoms with Gasteiger partial charge in [0.25, 0.3) is 0 Å². The first-order valence-electron chi connectivity index (χ1n) is 6.39. The van der Waals surface area contributed by atoms with E-state index >= 15 is 0 Å². The molecule has 3 rings (SSSR count). The highest BCUT2D eigenvalue weighted by Crippen LogP contribution is 2.29.